The van der Waals surface area contributed by atoms with Gasteiger partial charge >= 0.3 is 0 Å². The number of carbonyl (C=O) groups is 1. The minimum atomic E-state index is -0.530. The van der Waals surface area contributed by atoms with E-state index in [0.29, 0.717) is 34.2 Å². The number of nitrogens with two attached hydrogens (primary N) is 1. The molecule has 0 radical (unpaired) electrons. The SMILES string of the molecule is COc1ccc2nc(-c3ccnnc3)nc(Nc3ccccc3C(N)=O)c2c1. The van der Waals surface area contributed by atoms with Crippen molar-refractivity contribution < 1.29 is 9.53 Å². The molecule has 0 unspecified atom stereocenters. The Labute approximate surface area is 160 Å². The Hall–Kier alpha value is -4.07. The number of benzene rings is 2. The van der Waals surface area contributed by atoms with Gasteiger partial charge in [0.25, 0.3) is 5.91 Å². The van der Waals surface area contributed by atoms with E-state index in [4.69, 9.17) is 10.5 Å². The molecule has 8 nitrogen and oxygen atoms in total. The van der Waals surface area contributed by atoms with Gasteiger partial charge in [0.2, 0.25) is 0 Å². The largest absolute Gasteiger partial charge is 0.497 e. The van der Waals surface area contributed by atoms with Crippen molar-refractivity contribution in [2.24, 2.45) is 5.73 Å². The van der Waals surface area contributed by atoms with E-state index >= 15 is 0 Å². The van der Waals surface area contributed by atoms with Crippen LogP contribution in [0.3, 0.4) is 0 Å². The van der Waals surface area contributed by atoms with Gasteiger partial charge in [0, 0.05) is 10.9 Å². The first kappa shape index (κ1) is 17.3. The van der Waals surface area contributed by atoms with Gasteiger partial charge in [-0.1, -0.05) is 12.1 Å². The fraction of sp³-hybridized carbons (Fsp3) is 0.0500. The Morgan fingerprint density at radius 3 is 2.68 bits per heavy atom. The van der Waals surface area contributed by atoms with Crippen LogP contribution >= 0.6 is 0 Å². The lowest BCUT2D eigenvalue weighted by molar-refractivity contribution is 0.100. The minimum Gasteiger partial charge on any atom is -0.497 e. The highest BCUT2D eigenvalue weighted by Crippen LogP contribution is 2.30. The number of hydrogen-bond acceptors (Lipinski definition) is 7. The van der Waals surface area contributed by atoms with Crippen LogP contribution in [0.1, 0.15) is 10.4 Å². The zero-order valence-electron chi connectivity index (χ0n) is 15.0. The van der Waals surface area contributed by atoms with E-state index in [0.717, 1.165) is 10.9 Å². The van der Waals surface area contributed by atoms with Gasteiger partial charge < -0.3 is 15.8 Å². The van der Waals surface area contributed by atoms with Gasteiger partial charge in [-0.15, -0.1) is 0 Å². The van der Waals surface area contributed by atoms with Gasteiger partial charge in [-0.2, -0.15) is 10.2 Å². The van der Waals surface area contributed by atoms with Crippen molar-refractivity contribution >= 4 is 28.3 Å². The smallest absolute Gasteiger partial charge is 0.250 e. The Morgan fingerprint density at radius 2 is 1.93 bits per heavy atom. The summed E-state index contributed by atoms with van der Waals surface area (Å²) in [5.74, 6) is 1.13. The normalized spacial score (nSPS) is 10.6. The quantitative estimate of drug-likeness (QED) is 0.553. The van der Waals surface area contributed by atoms with Crippen LogP contribution in [0.4, 0.5) is 11.5 Å². The number of hydrogen-bond donors (Lipinski definition) is 2. The lowest BCUT2D eigenvalue weighted by Crippen LogP contribution is -2.13. The second-order valence-corrected chi connectivity index (χ2v) is 5.94. The molecular weight excluding hydrogens is 356 g/mol. The molecule has 0 aliphatic heterocycles. The summed E-state index contributed by atoms with van der Waals surface area (Å²) in [6.07, 6.45) is 3.16. The van der Waals surface area contributed by atoms with E-state index in [1.807, 2.05) is 24.3 Å². The lowest BCUT2D eigenvalue weighted by Gasteiger charge is -2.13. The van der Waals surface area contributed by atoms with Crippen LogP contribution in [0.15, 0.2) is 60.9 Å². The first-order valence-corrected chi connectivity index (χ1v) is 8.44. The molecule has 2 aromatic carbocycles. The monoisotopic (exact) mass is 372 g/mol. The molecule has 0 saturated heterocycles. The van der Waals surface area contributed by atoms with Crippen molar-refractivity contribution in [1.82, 2.24) is 20.2 Å². The molecule has 0 aliphatic rings. The fourth-order valence-electron chi connectivity index (χ4n) is 2.82. The van der Waals surface area contributed by atoms with E-state index in [2.05, 4.69) is 25.5 Å². The third kappa shape index (κ3) is 3.30. The van der Waals surface area contributed by atoms with E-state index in [1.54, 1.807) is 43.8 Å². The van der Waals surface area contributed by atoms with Gasteiger partial charge in [0.05, 0.1) is 36.3 Å². The molecule has 1 amide bonds. The highest BCUT2D eigenvalue weighted by molar-refractivity contribution is 6.01. The molecule has 4 aromatic rings. The summed E-state index contributed by atoms with van der Waals surface area (Å²) in [4.78, 5) is 21.0. The Kier molecular flexibility index (Phi) is 4.51. The van der Waals surface area contributed by atoms with Gasteiger partial charge in [-0.05, 0) is 36.4 Å². The number of aromatic nitrogens is 4. The molecule has 2 aromatic heterocycles. The number of primary amides is 1. The summed E-state index contributed by atoms with van der Waals surface area (Å²) in [6, 6.07) is 14.3. The molecule has 3 N–H and O–H groups in total. The van der Waals surface area contributed by atoms with E-state index in [-0.39, 0.29) is 0 Å². The third-order valence-corrected chi connectivity index (χ3v) is 4.19. The van der Waals surface area contributed by atoms with Crippen LogP contribution in [0.5, 0.6) is 5.75 Å². The van der Waals surface area contributed by atoms with Crippen LogP contribution in [-0.4, -0.2) is 33.2 Å². The maximum atomic E-state index is 11.8. The maximum Gasteiger partial charge on any atom is 0.250 e. The van der Waals surface area contributed by atoms with Crippen molar-refractivity contribution in [3.63, 3.8) is 0 Å². The predicted octanol–water partition coefficient (Wildman–Crippen LogP) is 2.94. The number of ether oxygens (including phenoxy) is 1. The molecule has 0 fully saturated rings. The van der Waals surface area contributed by atoms with E-state index < -0.39 is 5.91 Å². The predicted molar refractivity (Wildman–Crippen MR) is 105 cm³/mol. The number of nitrogens with zero attached hydrogens (tertiary/aromatic N) is 4. The van der Waals surface area contributed by atoms with Crippen molar-refractivity contribution in [3.05, 3.63) is 66.5 Å². The number of nitrogens with one attached hydrogen (secondary N) is 1. The number of anilines is 2. The van der Waals surface area contributed by atoms with Gasteiger partial charge in [-0.25, -0.2) is 9.97 Å². The summed E-state index contributed by atoms with van der Waals surface area (Å²) < 4.78 is 5.33. The standard InChI is InChI=1S/C20H16N6O2/c1-28-13-6-7-17-15(10-13)20(25-16-5-3-2-4-14(16)18(21)27)26-19(24-17)12-8-9-22-23-11-12/h2-11H,1H3,(H2,21,27)(H,24,25,26). The lowest BCUT2D eigenvalue weighted by atomic mass is 10.1. The van der Waals surface area contributed by atoms with Gasteiger partial charge in [0.1, 0.15) is 11.6 Å². The number of rotatable bonds is 5. The Bertz CT molecular complexity index is 1160. The Morgan fingerprint density at radius 1 is 1.07 bits per heavy atom. The summed E-state index contributed by atoms with van der Waals surface area (Å²) in [6.45, 7) is 0. The summed E-state index contributed by atoms with van der Waals surface area (Å²) >= 11 is 0. The summed E-state index contributed by atoms with van der Waals surface area (Å²) in [5, 5.41) is 11.6. The number of para-hydroxylation sites is 1. The van der Waals surface area contributed by atoms with Crippen molar-refractivity contribution in [2.45, 2.75) is 0 Å². The van der Waals surface area contributed by atoms with Crippen LogP contribution in [0.2, 0.25) is 0 Å². The molecule has 0 aliphatic carbocycles. The molecule has 28 heavy (non-hydrogen) atoms. The molecule has 8 heteroatoms. The maximum absolute atomic E-state index is 11.8. The van der Waals surface area contributed by atoms with Crippen LogP contribution in [0, 0.1) is 0 Å². The highest BCUT2D eigenvalue weighted by Gasteiger charge is 2.14. The fourth-order valence-corrected chi connectivity index (χ4v) is 2.82. The zero-order valence-corrected chi connectivity index (χ0v) is 15.0. The summed E-state index contributed by atoms with van der Waals surface area (Å²) in [7, 11) is 1.59. The topological polar surface area (TPSA) is 116 Å². The number of fused-ring (bicyclic) bond motifs is 1. The van der Waals surface area contributed by atoms with Crippen LogP contribution < -0.4 is 15.8 Å². The molecule has 4 rings (SSSR count). The number of amides is 1. The number of methoxy groups -OCH3 is 1. The third-order valence-electron chi connectivity index (χ3n) is 4.19. The summed E-state index contributed by atoms with van der Waals surface area (Å²) in [5.41, 5.74) is 7.85. The zero-order chi connectivity index (χ0) is 19.5. The van der Waals surface area contributed by atoms with E-state index in [9.17, 15) is 4.79 Å². The Balaban J connectivity index is 1.91. The van der Waals surface area contributed by atoms with Crippen LogP contribution in [-0.2, 0) is 0 Å². The van der Waals surface area contributed by atoms with Gasteiger partial charge in [-0.3, -0.25) is 4.79 Å². The second kappa shape index (κ2) is 7.28. The molecule has 0 spiro atoms. The highest BCUT2D eigenvalue weighted by atomic mass is 16.5. The van der Waals surface area contributed by atoms with Crippen molar-refractivity contribution in [1.29, 1.82) is 0 Å². The molecular formula is C20H16N6O2. The second-order valence-electron chi connectivity index (χ2n) is 5.94. The van der Waals surface area contributed by atoms with Crippen molar-refractivity contribution in [3.8, 4) is 17.1 Å². The molecule has 2 heterocycles. The van der Waals surface area contributed by atoms with Gasteiger partial charge in [0.15, 0.2) is 5.82 Å². The van der Waals surface area contributed by atoms with Crippen LogP contribution in [0.25, 0.3) is 22.3 Å². The average Bonchev–Trinajstić information content (AvgIpc) is 2.74. The first-order chi connectivity index (χ1) is 13.7. The first-order valence-electron chi connectivity index (χ1n) is 8.44. The minimum absolute atomic E-state index is 0.365. The molecule has 138 valence electrons. The van der Waals surface area contributed by atoms with Crippen molar-refractivity contribution in [2.75, 3.05) is 12.4 Å². The average molecular weight is 372 g/mol. The molecule has 0 saturated carbocycles. The van der Waals surface area contributed by atoms with E-state index in [1.165, 1.54) is 0 Å². The number of carbonyl (C=O) groups excluding carboxylic acids is 1. The molecule has 0 atom stereocenters. The molecule has 0 bridgehead atoms.